The Morgan fingerprint density at radius 2 is 2.15 bits per heavy atom. The standard InChI is InChI=1S/C15H19N3OS/c19-15(6-2-3-7-15)11-16-9-12-10-20-14(18-12)13-5-1-4-8-17-13/h1,4-5,8,10,16,19H,2-3,6-7,9,11H2. The first kappa shape index (κ1) is 13.7. The first-order valence-electron chi connectivity index (χ1n) is 7.04. The first-order chi connectivity index (χ1) is 9.75. The lowest BCUT2D eigenvalue weighted by Crippen LogP contribution is -2.37. The van der Waals surface area contributed by atoms with Crippen molar-refractivity contribution in [2.75, 3.05) is 6.54 Å². The second-order valence-corrected chi connectivity index (χ2v) is 6.25. The van der Waals surface area contributed by atoms with Crippen LogP contribution in [0.4, 0.5) is 0 Å². The predicted molar refractivity (Wildman–Crippen MR) is 80.5 cm³/mol. The normalized spacial score (nSPS) is 17.4. The van der Waals surface area contributed by atoms with Gasteiger partial charge in [-0.25, -0.2) is 4.98 Å². The Morgan fingerprint density at radius 1 is 1.30 bits per heavy atom. The van der Waals surface area contributed by atoms with Crippen molar-refractivity contribution in [2.24, 2.45) is 0 Å². The van der Waals surface area contributed by atoms with Crippen molar-refractivity contribution in [3.8, 4) is 10.7 Å². The number of rotatable bonds is 5. The van der Waals surface area contributed by atoms with Gasteiger partial charge in [0.1, 0.15) is 5.01 Å². The molecule has 0 aliphatic heterocycles. The molecule has 4 nitrogen and oxygen atoms in total. The summed E-state index contributed by atoms with van der Waals surface area (Å²) < 4.78 is 0. The van der Waals surface area contributed by atoms with E-state index < -0.39 is 5.60 Å². The van der Waals surface area contributed by atoms with E-state index in [1.165, 1.54) is 0 Å². The molecule has 106 valence electrons. The maximum Gasteiger partial charge on any atom is 0.142 e. The summed E-state index contributed by atoms with van der Waals surface area (Å²) in [4.78, 5) is 8.88. The molecule has 0 radical (unpaired) electrons. The minimum atomic E-state index is -0.500. The van der Waals surface area contributed by atoms with Crippen LogP contribution in [-0.2, 0) is 6.54 Å². The van der Waals surface area contributed by atoms with Crippen LogP contribution in [0.2, 0.25) is 0 Å². The van der Waals surface area contributed by atoms with Crippen LogP contribution in [0.25, 0.3) is 10.7 Å². The van der Waals surface area contributed by atoms with Crippen molar-refractivity contribution >= 4 is 11.3 Å². The lowest BCUT2D eigenvalue weighted by atomic mass is 10.0. The predicted octanol–water partition coefficient (Wildman–Crippen LogP) is 2.60. The van der Waals surface area contributed by atoms with Gasteiger partial charge in [0, 0.05) is 24.7 Å². The zero-order chi connectivity index (χ0) is 13.8. The molecule has 1 saturated carbocycles. The van der Waals surface area contributed by atoms with Crippen LogP contribution >= 0.6 is 11.3 Å². The van der Waals surface area contributed by atoms with Gasteiger partial charge in [-0.1, -0.05) is 18.9 Å². The summed E-state index contributed by atoms with van der Waals surface area (Å²) in [5, 5.41) is 16.6. The Bertz CT molecular complexity index is 549. The topological polar surface area (TPSA) is 58.0 Å². The van der Waals surface area contributed by atoms with Crippen LogP contribution in [0.3, 0.4) is 0 Å². The highest BCUT2D eigenvalue weighted by molar-refractivity contribution is 7.13. The van der Waals surface area contributed by atoms with Crippen LogP contribution in [0.1, 0.15) is 31.4 Å². The molecule has 0 aromatic carbocycles. The zero-order valence-electron chi connectivity index (χ0n) is 11.4. The molecule has 0 spiro atoms. The van der Waals surface area contributed by atoms with E-state index >= 15 is 0 Å². The molecule has 20 heavy (non-hydrogen) atoms. The van der Waals surface area contributed by atoms with E-state index in [2.05, 4.69) is 20.7 Å². The maximum atomic E-state index is 10.3. The maximum absolute atomic E-state index is 10.3. The van der Waals surface area contributed by atoms with E-state index in [0.717, 1.165) is 42.1 Å². The van der Waals surface area contributed by atoms with Crippen molar-refractivity contribution in [2.45, 2.75) is 37.8 Å². The molecule has 1 aliphatic rings. The number of thiazole rings is 1. The third-order valence-corrected chi connectivity index (χ3v) is 4.64. The highest BCUT2D eigenvalue weighted by Crippen LogP contribution is 2.28. The highest BCUT2D eigenvalue weighted by Gasteiger charge is 2.30. The molecule has 2 aromatic heterocycles. The summed E-state index contributed by atoms with van der Waals surface area (Å²) in [5.74, 6) is 0. The Kier molecular flexibility index (Phi) is 4.10. The lowest BCUT2D eigenvalue weighted by molar-refractivity contribution is 0.0474. The van der Waals surface area contributed by atoms with Crippen molar-refractivity contribution in [3.63, 3.8) is 0 Å². The van der Waals surface area contributed by atoms with Gasteiger partial charge >= 0.3 is 0 Å². The average Bonchev–Trinajstić information content (AvgIpc) is 3.10. The molecule has 2 aromatic rings. The summed E-state index contributed by atoms with van der Waals surface area (Å²) in [7, 11) is 0. The number of aromatic nitrogens is 2. The van der Waals surface area contributed by atoms with Crippen molar-refractivity contribution < 1.29 is 5.11 Å². The number of hydrogen-bond donors (Lipinski definition) is 2. The summed E-state index contributed by atoms with van der Waals surface area (Å²) in [5.41, 5.74) is 1.43. The molecule has 2 N–H and O–H groups in total. The van der Waals surface area contributed by atoms with Crippen LogP contribution in [0, 0.1) is 0 Å². The highest BCUT2D eigenvalue weighted by atomic mass is 32.1. The van der Waals surface area contributed by atoms with E-state index in [9.17, 15) is 5.11 Å². The Balaban J connectivity index is 1.55. The van der Waals surface area contributed by atoms with Gasteiger partial charge in [-0.3, -0.25) is 4.98 Å². The second kappa shape index (κ2) is 5.99. The summed E-state index contributed by atoms with van der Waals surface area (Å²) >= 11 is 1.61. The molecular formula is C15H19N3OS. The third-order valence-electron chi connectivity index (χ3n) is 3.73. The first-order valence-corrected chi connectivity index (χ1v) is 7.92. The van der Waals surface area contributed by atoms with E-state index in [1.807, 2.05) is 18.2 Å². The Hall–Kier alpha value is -1.30. The minimum absolute atomic E-state index is 0.500. The molecule has 5 heteroatoms. The molecule has 0 amide bonds. The fourth-order valence-corrected chi connectivity index (χ4v) is 3.42. The van der Waals surface area contributed by atoms with Crippen molar-refractivity contribution in [1.82, 2.24) is 15.3 Å². The average molecular weight is 289 g/mol. The number of aliphatic hydroxyl groups is 1. The SMILES string of the molecule is OC1(CNCc2csc(-c3ccccn3)n2)CCCC1. The molecular weight excluding hydrogens is 270 g/mol. The number of pyridine rings is 1. The molecule has 0 atom stereocenters. The van der Waals surface area contributed by atoms with Crippen molar-refractivity contribution in [1.29, 1.82) is 0 Å². The van der Waals surface area contributed by atoms with Crippen LogP contribution in [-0.4, -0.2) is 27.2 Å². The molecule has 0 saturated heterocycles. The summed E-state index contributed by atoms with van der Waals surface area (Å²) in [6, 6.07) is 5.84. The van der Waals surface area contributed by atoms with E-state index in [4.69, 9.17) is 0 Å². The fourth-order valence-electron chi connectivity index (χ4n) is 2.63. The summed E-state index contributed by atoms with van der Waals surface area (Å²) in [6.45, 7) is 1.36. The zero-order valence-corrected chi connectivity index (χ0v) is 12.2. The third kappa shape index (κ3) is 3.23. The van der Waals surface area contributed by atoms with E-state index in [1.54, 1.807) is 17.5 Å². The number of hydrogen-bond acceptors (Lipinski definition) is 5. The van der Waals surface area contributed by atoms with Gasteiger partial charge in [-0.2, -0.15) is 0 Å². The van der Waals surface area contributed by atoms with Crippen LogP contribution in [0.5, 0.6) is 0 Å². The van der Waals surface area contributed by atoms with Gasteiger partial charge in [0.05, 0.1) is 17.0 Å². The molecule has 3 rings (SSSR count). The fraction of sp³-hybridized carbons (Fsp3) is 0.467. The van der Waals surface area contributed by atoms with Gasteiger partial charge in [0.25, 0.3) is 0 Å². The van der Waals surface area contributed by atoms with Gasteiger partial charge in [-0.05, 0) is 25.0 Å². The van der Waals surface area contributed by atoms with E-state index in [-0.39, 0.29) is 0 Å². The Morgan fingerprint density at radius 3 is 2.90 bits per heavy atom. The minimum Gasteiger partial charge on any atom is -0.389 e. The van der Waals surface area contributed by atoms with E-state index in [0.29, 0.717) is 13.1 Å². The molecule has 1 fully saturated rings. The quantitative estimate of drug-likeness (QED) is 0.888. The smallest absolute Gasteiger partial charge is 0.142 e. The van der Waals surface area contributed by atoms with Crippen LogP contribution in [0.15, 0.2) is 29.8 Å². The molecule has 1 aliphatic carbocycles. The second-order valence-electron chi connectivity index (χ2n) is 5.39. The molecule has 0 bridgehead atoms. The van der Waals surface area contributed by atoms with Gasteiger partial charge in [-0.15, -0.1) is 11.3 Å². The largest absolute Gasteiger partial charge is 0.389 e. The van der Waals surface area contributed by atoms with Gasteiger partial charge < -0.3 is 10.4 Å². The van der Waals surface area contributed by atoms with Crippen molar-refractivity contribution in [3.05, 3.63) is 35.5 Å². The van der Waals surface area contributed by atoms with Gasteiger partial charge in [0.2, 0.25) is 0 Å². The molecule has 0 unspecified atom stereocenters. The number of nitrogens with zero attached hydrogens (tertiary/aromatic N) is 2. The van der Waals surface area contributed by atoms with Crippen LogP contribution < -0.4 is 5.32 Å². The molecule has 2 heterocycles. The monoisotopic (exact) mass is 289 g/mol. The van der Waals surface area contributed by atoms with Gasteiger partial charge in [0.15, 0.2) is 0 Å². The number of nitrogens with one attached hydrogen (secondary N) is 1. The summed E-state index contributed by atoms with van der Waals surface area (Å²) in [6.07, 6.45) is 5.88. The lowest BCUT2D eigenvalue weighted by Gasteiger charge is -2.22. The Labute approximate surface area is 122 Å².